The van der Waals surface area contributed by atoms with Gasteiger partial charge in [0, 0.05) is 100 Å². The minimum atomic E-state index is -0.611. The maximum absolute atomic E-state index is 15.4. The van der Waals surface area contributed by atoms with Crippen LogP contribution in [0.3, 0.4) is 0 Å². The van der Waals surface area contributed by atoms with Gasteiger partial charge in [0.2, 0.25) is 0 Å². The molecule has 0 radical (unpaired) electrons. The number of benzene rings is 3. The Kier molecular flexibility index (Phi) is 13.1. The molecule has 63 heavy (non-hydrogen) atoms. The van der Waals surface area contributed by atoms with Crippen LogP contribution in [0.15, 0.2) is 67.6 Å². The number of rotatable bonds is 12. The van der Waals surface area contributed by atoms with E-state index in [1.807, 2.05) is 44.4 Å². The lowest BCUT2D eigenvalue weighted by Crippen LogP contribution is -2.67. The second-order valence-electron chi connectivity index (χ2n) is 17.0. The molecule has 17 heteroatoms. The molecule has 1 aliphatic carbocycles. The van der Waals surface area contributed by atoms with Gasteiger partial charge in [0.25, 0.3) is 0 Å². The minimum absolute atomic E-state index is 0.0984. The van der Waals surface area contributed by atoms with Crippen molar-refractivity contribution in [2.75, 3.05) is 67.4 Å². The van der Waals surface area contributed by atoms with Gasteiger partial charge in [-0.3, -0.25) is 19.5 Å². The van der Waals surface area contributed by atoms with E-state index in [1.165, 1.54) is 69.0 Å². The highest BCUT2D eigenvalue weighted by Gasteiger charge is 2.55. The summed E-state index contributed by atoms with van der Waals surface area (Å²) in [5, 5.41) is 17.4. The van der Waals surface area contributed by atoms with Crippen LogP contribution in [0.4, 0.5) is 30.8 Å². The monoisotopic (exact) mass is 879 g/mol. The van der Waals surface area contributed by atoms with Crippen LogP contribution in [0.25, 0.3) is 21.9 Å². The third-order valence-corrected chi connectivity index (χ3v) is 13.7. The molecule has 2 spiro atoms. The van der Waals surface area contributed by atoms with Gasteiger partial charge in [-0.25, -0.2) is 17.9 Å². The number of nitriles is 1. The number of amides is 2. The molecule has 3 aromatic carbocycles. The highest BCUT2D eigenvalue weighted by Crippen LogP contribution is 2.53. The van der Waals surface area contributed by atoms with Crippen LogP contribution in [0.1, 0.15) is 64.4 Å². The zero-order valence-corrected chi connectivity index (χ0v) is 37.2. The van der Waals surface area contributed by atoms with E-state index in [2.05, 4.69) is 41.5 Å². The summed E-state index contributed by atoms with van der Waals surface area (Å²) in [7, 11) is 3.75. The van der Waals surface area contributed by atoms with Crippen molar-refractivity contribution in [3.05, 3.63) is 84.8 Å². The van der Waals surface area contributed by atoms with Crippen molar-refractivity contribution in [3.63, 3.8) is 0 Å². The standard InChI is InChI=1S/C28H39FN6O2.C18H16FN5OS/c1-4-10-35(26(36)30-5-2)25-21-14-22(29)24(15-23(21)32(3)31-25)34-18-27(19-34)16-20(17-27)33-11-8-28(9-12-33)7-6-13-37-28;1-3-24(2)26-23-15-7-5-14(19)18(13(15)11-20)25-12-4-6-16-17(10-12)22-9-8-21-16/h5,14-15,20H,2,4,6-13,16-19H2,1,3H3,(H,30,36);4-10,23H,3H2,1-2H3. The number of hydrogen-bond acceptors (Lipinski definition) is 12. The van der Waals surface area contributed by atoms with Gasteiger partial charge in [-0.1, -0.05) is 20.4 Å². The summed E-state index contributed by atoms with van der Waals surface area (Å²) in [6.45, 7) is 13.9. The largest absolute Gasteiger partial charge is 0.453 e. The summed E-state index contributed by atoms with van der Waals surface area (Å²) in [5.41, 5.74) is 3.86. The first-order chi connectivity index (χ1) is 30.5. The van der Waals surface area contributed by atoms with Crippen molar-refractivity contribution >= 4 is 57.3 Å². The molecule has 4 aliphatic rings. The highest BCUT2D eigenvalue weighted by atomic mass is 32.2. The number of anilines is 3. The van der Waals surface area contributed by atoms with Crippen LogP contribution < -0.4 is 24.6 Å². The molecular formula is C46H55F2N11O3S. The minimum Gasteiger partial charge on any atom is -0.453 e. The lowest BCUT2D eigenvalue weighted by molar-refractivity contribution is -0.0825. The molecule has 0 bridgehead atoms. The molecule has 5 heterocycles. The Morgan fingerprint density at radius 2 is 1.84 bits per heavy atom. The van der Waals surface area contributed by atoms with Crippen LogP contribution in [0.2, 0.25) is 0 Å². The molecule has 1 saturated carbocycles. The van der Waals surface area contributed by atoms with Crippen molar-refractivity contribution in [2.45, 2.75) is 70.4 Å². The number of urea groups is 1. The molecule has 2 amide bonds. The Bertz CT molecular complexity index is 2500. The topological polar surface area (TPSA) is 140 Å². The Balaban J connectivity index is 0.000000184. The number of nitrogens with zero attached hydrogens (tertiary/aromatic N) is 9. The average Bonchev–Trinajstić information content (AvgIpc) is 3.85. The molecule has 0 unspecified atom stereocenters. The Hall–Kier alpha value is -5.54. The number of fused-ring (bicyclic) bond motifs is 2. The van der Waals surface area contributed by atoms with E-state index in [0.717, 1.165) is 51.3 Å². The van der Waals surface area contributed by atoms with E-state index in [-0.39, 0.29) is 28.8 Å². The summed E-state index contributed by atoms with van der Waals surface area (Å²) in [4.78, 5) is 27.4. The summed E-state index contributed by atoms with van der Waals surface area (Å²) < 4.78 is 48.3. The molecular weight excluding hydrogens is 825 g/mol. The van der Waals surface area contributed by atoms with Gasteiger partial charge in [0.05, 0.1) is 33.5 Å². The number of aromatic nitrogens is 4. The van der Waals surface area contributed by atoms with Gasteiger partial charge >= 0.3 is 6.03 Å². The molecule has 3 saturated heterocycles. The van der Waals surface area contributed by atoms with Gasteiger partial charge in [0.1, 0.15) is 23.2 Å². The Labute approximate surface area is 371 Å². The number of ether oxygens (including phenoxy) is 2. The number of aryl methyl sites for hydroxylation is 1. The number of carbonyl (C=O) groups is 1. The van der Waals surface area contributed by atoms with Gasteiger partial charge < -0.3 is 29.3 Å². The van der Waals surface area contributed by atoms with E-state index in [0.29, 0.717) is 57.4 Å². The number of hydrogen-bond donors (Lipinski definition) is 2. The first-order valence-corrected chi connectivity index (χ1v) is 22.5. The normalized spacial score (nSPS) is 17.8. The van der Waals surface area contributed by atoms with E-state index in [4.69, 9.17) is 9.47 Å². The molecule has 0 atom stereocenters. The summed E-state index contributed by atoms with van der Waals surface area (Å²) in [6.07, 6.45) is 12.5. The molecule has 5 aromatic rings. The maximum Gasteiger partial charge on any atom is 0.327 e. The van der Waals surface area contributed by atoms with Crippen LogP contribution in [-0.2, 0) is 11.8 Å². The number of likely N-dealkylation sites (tertiary alicyclic amines) is 1. The molecule has 4 fully saturated rings. The van der Waals surface area contributed by atoms with Crippen molar-refractivity contribution in [2.24, 2.45) is 12.5 Å². The third kappa shape index (κ3) is 9.13. The van der Waals surface area contributed by atoms with Gasteiger partial charge in [0.15, 0.2) is 17.4 Å². The molecule has 9 rings (SSSR count). The number of nitrogens with one attached hydrogen (secondary N) is 2. The molecule has 332 valence electrons. The van der Waals surface area contributed by atoms with Crippen LogP contribution >= 0.6 is 12.1 Å². The Morgan fingerprint density at radius 3 is 2.52 bits per heavy atom. The SMILES string of the molecule is C=CNC(=O)N(CCC)c1nn(C)c2cc(N3CC4(CC(N5CCC6(CCCO6)CC5)C4)C3)c(F)cc12.CCN(C)SNc1ccc(F)c(Oc2ccc3nccnc3c2)c1C#N. The summed E-state index contributed by atoms with van der Waals surface area (Å²) in [6, 6.07) is 13.6. The number of piperidine rings is 1. The smallest absolute Gasteiger partial charge is 0.327 e. The zero-order chi connectivity index (χ0) is 44.3. The fourth-order valence-electron chi connectivity index (χ4n) is 9.39. The van der Waals surface area contributed by atoms with Crippen LogP contribution in [0.5, 0.6) is 11.5 Å². The second kappa shape index (κ2) is 18.7. The van der Waals surface area contributed by atoms with Crippen molar-refractivity contribution < 1.29 is 23.0 Å². The van der Waals surface area contributed by atoms with Gasteiger partial charge in [-0.15, -0.1) is 0 Å². The second-order valence-corrected chi connectivity index (χ2v) is 18.0. The van der Waals surface area contributed by atoms with Crippen molar-refractivity contribution in [3.8, 4) is 17.6 Å². The van der Waals surface area contributed by atoms with E-state index >= 15 is 4.39 Å². The lowest BCUT2D eigenvalue weighted by atomic mass is 9.60. The predicted molar refractivity (Wildman–Crippen MR) is 244 cm³/mol. The van der Waals surface area contributed by atoms with Crippen molar-refractivity contribution in [1.82, 2.24) is 34.3 Å². The van der Waals surface area contributed by atoms with E-state index in [9.17, 15) is 14.4 Å². The molecule has 2 aromatic heterocycles. The fraction of sp³-hybridized carbons (Fsp3) is 0.457. The van der Waals surface area contributed by atoms with Crippen LogP contribution in [-0.4, -0.2) is 99.6 Å². The Morgan fingerprint density at radius 1 is 1.08 bits per heavy atom. The number of carbonyl (C=O) groups excluding carboxylic acids is 1. The van der Waals surface area contributed by atoms with E-state index in [1.54, 1.807) is 46.2 Å². The first kappa shape index (κ1) is 44.1. The summed E-state index contributed by atoms with van der Waals surface area (Å²) >= 11 is 1.32. The fourth-order valence-corrected chi connectivity index (χ4v) is 9.94. The molecule has 3 aliphatic heterocycles. The highest BCUT2D eigenvalue weighted by molar-refractivity contribution is 7.98. The molecule has 2 N–H and O–H groups in total. The third-order valence-electron chi connectivity index (χ3n) is 12.9. The molecule has 14 nitrogen and oxygen atoms in total. The van der Waals surface area contributed by atoms with Gasteiger partial charge in [-0.05, 0) is 94.6 Å². The quantitative estimate of drug-likeness (QED) is 0.116. The summed E-state index contributed by atoms with van der Waals surface area (Å²) in [5.74, 6) is -0.145. The zero-order valence-electron chi connectivity index (χ0n) is 36.4. The van der Waals surface area contributed by atoms with Crippen molar-refractivity contribution in [1.29, 1.82) is 5.26 Å². The van der Waals surface area contributed by atoms with Gasteiger partial charge in [-0.2, -0.15) is 10.4 Å². The predicted octanol–water partition coefficient (Wildman–Crippen LogP) is 8.76. The lowest BCUT2D eigenvalue weighted by Gasteiger charge is -2.62. The van der Waals surface area contributed by atoms with E-state index < -0.39 is 5.82 Å². The number of halogens is 2. The average molecular weight is 880 g/mol. The van der Waals surface area contributed by atoms with Crippen LogP contribution in [0, 0.1) is 28.4 Å². The first-order valence-electron chi connectivity index (χ1n) is 21.7. The maximum atomic E-state index is 15.4.